The van der Waals surface area contributed by atoms with Gasteiger partial charge in [-0.2, -0.15) is 9.57 Å². The first-order chi connectivity index (χ1) is 9.34. The lowest BCUT2D eigenvalue weighted by Gasteiger charge is -2.20. The molecule has 1 aliphatic heterocycles. The molecule has 0 bridgehead atoms. The van der Waals surface area contributed by atoms with Crippen LogP contribution in [-0.2, 0) is 14.8 Å². The van der Waals surface area contributed by atoms with Crippen molar-refractivity contribution in [2.45, 2.75) is 44.2 Å². The van der Waals surface area contributed by atoms with Crippen LogP contribution in [-0.4, -0.2) is 36.1 Å². The van der Waals surface area contributed by atoms with Crippen LogP contribution in [0.2, 0.25) is 0 Å². The van der Waals surface area contributed by atoms with Gasteiger partial charge in [-0.25, -0.2) is 13.2 Å². The van der Waals surface area contributed by atoms with Gasteiger partial charge in [0.05, 0.1) is 0 Å². The zero-order valence-corrected chi connectivity index (χ0v) is 12.0. The fourth-order valence-corrected chi connectivity index (χ4v) is 4.07. The maximum atomic E-state index is 12.6. The Morgan fingerprint density at radius 3 is 2.55 bits per heavy atom. The van der Waals surface area contributed by atoms with Crippen molar-refractivity contribution >= 4 is 16.1 Å². The normalized spacial score (nSPS) is 22.7. The fourth-order valence-electron chi connectivity index (χ4n) is 2.21. The second-order valence-electron chi connectivity index (χ2n) is 4.36. The number of carbonyl (C=O) groups excluding carboxylic acids is 1. The van der Waals surface area contributed by atoms with Crippen LogP contribution < -0.4 is 0 Å². The van der Waals surface area contributed by atoms with E-state index in [0.717, 1.165) is 0 Å². The number of hydrogen-bond acceptors (Lipinski definition) is 7. The number of ether oxygens (including phenoxy) is 1. The standard InChI is InChI=1S/C11H13N3O5S/c1-4-8-9(5-12)18-11(15)14(8)20(16,17)10-6(2)13-19-7(10)3/h8-9H,4H2,1-3H3. The van der Waals surface area contributed by atoms with Crippen molar-refractivity contribution in [1.29, 1.82) is 5.26 Å². The predicted molar refractivity (Wildman–Crippen MR) is 65.0 cm³/mol. The molecular weight excluding hydrogens is 286 g/mol. The average molecular weight is 299 g/mol. The third-order valence-electron chi connectivity index (χ3n) is 3.09. The van der Waals surface area contributed by atoms with Crippen LogP contribution in [0.15, 0.2) is 9.42 Å². The van der Waals surface area contributed by atoms with Gasteiger partial charge in [-0.15, -0.1) is 0 Å². The Morgan fingerprint density at radius 2 is 2.10 bits per heavy atom. The van der Waals surface area contributed by atoms with Crippen LogP contribution in [0.4, 0.5) is 4.79 Å². The summed E-state index contributed by atoms with van der Waals surface area (Å²) < 4.78 is 35.4. The Balaban J connectivity index is 2.55. The monoisotopic (exact) mass is 299 g/mol. The van der Waals surface area contributed by atoms with Gasteiger partial charge in [0.15, 0.2) is 10.7 Å². The number of nitrogens with zero attached hydrogens (tertiary/aromatic N) is 3. The van der Waals surface area contributed by atoms with Crippen molar-refractivity contribution in [3.05, 3.63) is 11.5 Å². The average Bonchev–Trinajstić information content (AvgIpc) is 2.89. The third-order valence-corrected chi connectivity index (χ3v) is 5.13. The first kappa shape index (κ1) is 14.3. The molecule has 2 unspecified atom stereocenters. The van der Waals surface area contributed by atoms with Crippen molar-refractivity contribution in [3.63, 3.8) is 0 Å². The smallest absolute Gasteiger partial charge is 0.425 e. The number of nitriles is 1. The molecule has 0 radical (unpaired) electrons. The van der Waals surface area contributed by atoms with Gasteiger partial charge < -0.3 is 9.26 Å². The molecule has 1 saturated heterocycles. The van der Waals surface area contributed by atoms with E-state index in [1.54, 1.807) is 13.0 Å². The number of sulfonamides is 1. The molecule has 0 aliphatic carbocycles. The van der Waals surface area contributed by atoms with Gasteiger partial charge in [0.25, 0.3) is 10.0 Å². The van der Waals surface area contributed by atoms with Crippen LogP contribution in [0.5, 0.6) is 0 Å². The molecule has 0 saturated carbocycles. The highest BCUT2D eigenvalue weighted by molar-refractivity contribution is 7.89. The number of aryl methyl sites for hydroxylation is 2. The summed E-state index contributed by atoms with van der Waals surface area (Å²) in [6, 6.07) is 0.928. The fraction of sp³-hybridized carbons (Fsp3) is 0.545. The van der Waals surface area contributed by atoms with Crippen LogP contribution in [0.25, 0.3) is 0 Å². The van der Waals surface area contributed by atoms with E-state index in [-0.39, 0.29) is 22.8 Å². The predicted octanol–water partition coefficient (Wildman–Crippen LogP) is 1.10. The lowest BCUT2D eigenvalue weighted by molar-refractivity contribution is 0.153. The number of carbonyl (C=O) groups is 1. The molecule has 0 spiro atoms. The molecule has 0 aromatic carbocycles. The number of rotatable bonds is 3. The topological polar surface area (TPSA) is 114 Å². The highest BCUT2D eigenvalue weighted by Gasteiger charge is 2.49. The van der Waals surface area contributed by atoms with Gasteiger partial charge in [0, 0.05) is 0 Å². The minimum absolute atomic E-state index is 0.0885. The van der Waals surface area contributed by atoms with E-state index >= 15 is 0 Å². The summed E-state index contributed by atoms with van der Waals surface area (Å²) >= 11 is 0. The van der Waals surface area contributed by atoms with Crippen molar-refractivity contribution in [2.24, 2.45) is 0 Å². The van der Waals surface area contributed by atoms with E-state index in [1.165, 1.54) is 13.8 Å². The van der Waals surface area contributed by atoms with Crippen molar-refractivity contribution < 1.29 is 22.5 Å². The maximum Gasteiger partial charge on any atom is 0.425 e. The summed E-state index contributed by atoms with van der Waals surface area (Å²) in [5, 5.41) is 12.5. The molecule has 9 heteroatoms. The molecular formula is C11H13N3O5S. The van der Waals surface area contributed by atoms with Crippen LogP contribution in [0.1, 0.15) is 24.8 Å². The van der Waals surface area contributed by atoms with Crippen LogP contribution in [0.3, 0.4) is 0 Å². The minimum Gasteiger partial charge on any atom is -0.428 e. The first-order valence-electron chi connectivity index (χ1n) is 5.92. The van der Waals surface area contributed by atoms with E-state index in [2.05, 4.69) is 5.16 Å². The third kappa shape index (κ3) is 1.92. The Morgan fingerprint density at radius 1 is 1.45 bits per heavy atom. The van der Waals surface area contributed by atoms with Gasteiger partial charge in [0.2, 0.25) is 6.10 Å². The van der Waals surface area contributed by atoms with Gasteiger partial charge in [-0.3, -0.25) is 0 Å². The quantitative estimate of drug-likeness (QED) is 0.821. The largest absolute Gasteiger partial charge is 0.428 e. The van der Waals surface area contributed by atoms with E-state index in [1.807, 2.05) is 0 Å². The second kappa shape index (κ2) is 4.79. The number of cyclic esters (lactones) is 1. The van der Waals surface area contributed by atoms with Crippen LogP contribution >= 0.6 is 0 Å². The van der Waals surface area contributed by atoms with E-state index < -0.39 is 28.3 Å². The van der Waals surface area contributed by atoms with Gasteiger partial charge >= 0.3 is 6.09 Å². The van der Waals surface area contributed by atoms with Crippen molar-refractivity contribution in [2.75, 3.05) is 0 Å². The molecule has 2 heterocycles. The Labute approximate surface area is 115 Å². The Bertz CT molecular complexity index is 668. The van der Waals surface area contributed by atoms with E-state index in [9.17, 15) is 13.2 Å². The summed E-state index contributed by atoms with van der Waals surface area (Å²) in [6.07, 6.45) is -1.89. The van der Waals surface area contributed by atoms with Crippen molar-refractivity contribution in [1.82, 2.24) is 9.46 Å². The van der Waals surface area contributed by atoms with Gasteiger partial charge in [-0.1, -0.05) is 12.1 Å². The molecule has 1 aromatic rings. The molecule has 1 aliphatic rings. The molecule has 1 amide bonds. The number of amides is 1. The Hall–Kier alpha value is -2.08. The zero-order chi connectivity index (χ0) is 15.1. The number of aromatic nitrogens is 1. The zero-order valence-electron chi connectivity index (χ0n) is 11.2. The van der Waals surface area contributed by atoms with E-state index in [4.69, 9.17) is 14.5 Å². The molecule has 20 heavy (non-hydrogen) atoms. The maximum absolute atomic E-state index is 12.6. The summed E-state index contributed by atoms with van der Waals surface area (Å²) in [5.41, 5.74) is 0.158. The molecule has 2 atom stereocenters. The first-order valence-corrected chi connectivity index (χ1v) is 7.36. The molecule has 2 rings (SSSR count). The van der Waals surface area contributed by atoms with E-state index in [0.29, 0.717) is 4.31 Å². The molecule has 8 nitrogen and oxygen atoms in total. The minimum atomic E-state index is -4.16. The van der Waals surface area contributed by atoms with Gasteiger partial charge in [0.1, 0.15) is 17.8 Å². The highest BCUT2D eigenvalue weighted by Crippen LogP contribution is 2.31. The molecule has 1 aromatic heterocycles. The Kier molecular flexibility index (Phi) is 3.43. The highest BCUT2D eigenvalue weighted by atomic mass is 32.2. The summed E-state index contributed by atoms with van der Waals surface area (Å²) in [5.74, 6) is 0.0885. The summed E-state index contributed by atoms with van der Waals surface area (Å²) in [6.45, 7) is 4.58. The van der Waals surface area contributed by atoms with Gasteiger partial charge in [-0.05, 0) is 20.3 Å². The molecule has 108 valence electrons. The van der Waals surface area contributed by atoms with Crippen LogP contribution in [0, 0.1) is 25.2 Å². The second-order valence-corrected chi connectivity index (χ2v) is 6.11. The molecule has 0 N–H and O–H groups in total. The SMILES string of the molecule is CCC1C(C#N)OC(=O)N1S(=O)(=O)c1c(C)noc1C. The van der Waals surface area contributed by atoms with Crippen molar-refractivity contribution in [3.8, 4) is 6.07 Å². The number of hydrogen-bond donors (Lipinski definition) is 0. The lowest BCUT2D eigenvalue weighted by atomic mass is 10.1. The molecule has 1 fully saturated rings. The lowest BCUT2D eigenvalue weighted by Crippen LogP contribution is -2.40. The summed E-state index contributed by atoms with van der Waals surface area (Å²) in [4.78, 5) is 11.6. The summed E-state index contributed by atoms with van der Waals surface area (Å²) in [7, 11) is -4.16.